The first kappa shape index (κ1) is 27.3. The molecule has 0 radical (unpaired) electrons. The minimum absolute atomic E-state index is 0.733. The number of phosphoric ester groups is 1. The summed E-state index contributed by atoms with van der Waals surface area (Å²) in [5.74, 6) is 0. The summed E-state index contributed by atoms with van der Waals surface area (Å²) in [7, 11) is -10.9. The molecule has 0 bridgehead atoms. The van der Waals surface area contributed by atoms with Crippen molar-refractivity contribution in [1.29, 1.82) is 0 Å². The summed E-state index contributed by atoms with van der Waals surface area (Å²) < 4.78 is 48.6. The molecular formula is C14H22N2O16P2. The van der Waals surface area contributed by atoms with Gasteiger partial charge in [0.05, 0.1) is 13.2 Å². The normalized spacial score (nSPS) is 36.0. The molecule has 3 rings (SSSR count). The lowest BCUT2D eigenvalue weighted by Gasteiger charge is -2.24. The zero-order chi connectivity index (χ0) is 25.4. The number of H-pyrrole nitrogens is 1. The van der Waals surface area contributed by atoms with Crippen molar-refractivity contribution in [1.82, 2.24) is 9.55 Å². The Kier molecular flexibility index (Phi) is 8.28. The zero-order valence-electron chi connectivity index (χ0n) is 16.8. The Morgan fingerprint density at radius 3 is 2.21 bits per heavy atom. The van der Waals surface area contributed by atoms with E-state index >= 15 is 0 Å². The predicted molar refractivity (Wildman–Crippen MR) is 103 cm³/mol. The zero-order valence-corrected chi connectivity index (χ0v) is 18.6. The number of nitrogens with one attached hydrogen (secondary N) is 1. The largest absolute Gasteiger partial charge is 0.486 e. The Labute approximate surface area is 188 Å². The fraction of sp³-hybridized carbons (Fsp3) is 0.714. The first-order valence-electron chi connectivity index (χ1n) is 9.40. The van der Waals surface area contributed by atoms with E-state index in [1.54, 1.807) is 0 Å². The van der Waals surface area contributed by atoms with Gasteiger partial charge in [0.25, 0.3) is 5.56 Å². The molecule has 9 atom stereocenters. The molecule has 2 saturated heterocycles. The highest BCUT2D eigenvalue weighted by Gasteiger charge is 2.50. The van der Waals surface area contributed by atoms with Crippen LogP contribution in [-0.4, -0.2) is 101 Å². The monoisotopic (exact) mass is 536 g/mol. The molecule has 8 N–H and O–H groups in total. The lowest BCUT2D eigenvalue weighted by atomic mass is 10.1. The van der Waals surface area contributed by atoms with E-state index in [2.05, 4.69) is 4.31 Å². The molecule has 2 fully saturated rings. The second-order valence-corrected chi connectivity index (χ2v) is 10.2. The van der Waals surface area contributed by atoms with Crippen molar-refractivity contribution in [2.45, 2.75) is 49.1 Å². The average molecular weight is 536 g/mol. The molecule has 0 spiro atoms. The van der Waals surface area contributed by atoms with Gasteiger partial charge < -0.3 is 44.8 Å². The van der Waals surface area contributed by atoms with Crippen LogP contribution < -0.4 is 11.2 Å². The minimum Gasteiger partial charge on any atom is -0.394 e. The van der Waals surface area contributed by atoms with Crippen LogP contribution in [0.15, 0.2) is 21.9 Å². The summed E-state index contributed by atoms with van der Waals surface area (Å²) in [5, 5.41) is 49.1. The van der Waals surface area contributed by atoms with E-state index < -0.39 is 89.2 Å². The van der Waals surface area contributed by atoms with Gasteiger partial charge in [-0.3, -0.25) is 23.4 Å². The van der Waals surface area contributed by atoms with Gasteiger partial charge in [-0.05, 0) is 0 Å². The first-order chi connectivity index (χ1) is 15.7. The minimum atomic E-state index is -5.56. The molecule has 18 nitrogen and oxygen atoms in total. The van der Waals surface area contributed by atoms with Gasteiger partial charge in [-0.25, -0.2) is 13.9 Å². The third-order valence-corrected chi connectivity index (χ3v) is 7.38. The first-order valence-corrected chi connectivity index (χ1v) is 12.4. The van der Waals surface area contributed by atoms with E-state index in [0.717, 1.165) is 16.8 Å². The Morgan fingerprint density at radius 1 is 1.00 bits per heavy atom. The van der Waals surface area contributed by atoms with Gasteiger partial charge >= 0.3 is 21.3 Å². The molecule has 2 unspecified atom stereocenters. The second-order valence-electron chi connectivity index (χ2n) is 7.19. The molecule has 34 heavy (non-hydrogen) atoms. The SMILES string of the molecule is O=c1ccn([C@@H]2O[C@H](COP(=O)(OC3O[C@H](CO)[C@@H](O)[C@H]3O)OP(=O)(O)O)[C@@H](O)[C@H]2O)c(=O)[nH]1. The topological polar surface area (TPSA) is 277 Å². The standard InChI is InChI=1S/C14H22N2O16P2/c17-3-5-8(19)11(22)13(30-5)31-34(27,32-33(24,25)26)28-4-6-9(20)10(21)12(29-6)16-2-1-7(18)15-14(16)23/h1-2,5-6,8-13,17,19-22H,3-4H2,(H,15,18,23)(H2,24,25,26)/t5-,6-,8-,9-,10-,11-,12-,13?,34?/m1/s1. The van der Waals surface area contributed by atoms with E-state index in [9.17, 15) is 39.1 Å². The van der Waals surface area contributed by atoms with Gasteiger partial charge in [0.15, 0.2) is 12.5 Å². The molecule has 1 aromatic heterocycles. The molecule has 194 valence electrons. The number of rotatable bonds is 9. The molecule has 0 aromatic carbocycles. The van der Waals surface area contributed by atoms with Crippen LogP contribution in [0, 0.1) is 0 Å². The molecule has 0 aliphatic carbocycles. The van der Waals surface area contributed by atoms with Crippen LogP contribution in [0.3, 0.4) is 0 Å². The lowest BCUT2D eigenvalue weighted by Crippen LogP contribution is -2.37. The molecule has 20 heteroatoms. The van der Waals surface area contributed by atoms with Crippen molar-refractivity contribution < 1.29 is 67.3 Å². The highest BCUT2D eigenvalue weighted by molar-refractivity contribution is 7.61. The maximum Gasteiger partial charge on any atom is 0.486 e. The van der Waals surface area contributed by atoms with E-state index in [1.165, 1.54) is 0 Å². The summed E-state index contributed by atoms with van der Waals surface area (Å²) in [4.78, 5) is 43.1. The van der Waals surface area contributed by atoms with Crippen LogP contribution in [-0.2, 0) is 32.0 Å². The van der Waals surface area contributed by atoms with Crippen LogP contribution in [0.25, 0.3) is 0 Å². The van der Waals surface area contributed by atoms with Gasteiger partial charge in [-0.2, -0.15) is 4.31 Å². The van der Waals surface area contributed by atoms with Crippen molar-refractivity contribution in [2.24, 2.45) is 0 Å². The summed E-state index contributed by atoms with van der Waals surface area (Å²) in [6.07, 6.45) is -12.8. The number of nitrogens with zero attached hydrogens (tertiary/aromatic N) is 1. The number of aliphatic hydroxyl groups is 5. The summed E-state index contributed by atoms with van der Waals surface area (Å²) >= 11 is 0. The van der Waals surface area contributed by atoms with Crippen molar-refractivity contribution >= 4 is 15.6 Å². The number of hydrogen-bond acceptors (Lipinski definition) is 14. The number of aromatic nitrogens is 2. The van der Waals surface area contributed by atoms with Crippen molar-refractivity contribution in [3.05, 3.63) is 33.1 Å². The molecule has 0 amide bonds. The highest BCUT2D eigenvalue weighted by Crippen LogP contribution is 2.62. The molecule has 3 heterocycles. The van der Waals surface area contributed by atoms with Crippen molar-refractivity contribution in [3.8, 4) is 0 Å². The maximum absolute atomic E-state index is 12.8. The van der Waals surface area contributed by atoms with Gasteiger partial charge in [0.1, 0.15) is 36.6 Å². The quantitative estimate of drug-likeness (QED) is 0.139. The maximum atomic E-state index is 12.8. The van der Waals surface area contributed by atoms with Crippen LogP contribution in [0.4, 0.5) is 0 Å². The van der Waals surface area contributed by atoms with E-state index in [1.807, 2.05) is 4.98 Å². The lowest BCUT2D eigenvalue weighted by molar-refractivity contribution is -0.130. The van der Waals surface area contributed by atoms with Crippen LogP contribution >= 0.6 is 15.6 Å². The number of aliphatic hydroxyl groups excluding tert-OH is 5. The van der Waals surface area contributed by atoms with Crippen LogP contribution in [0.5, 0.6) is 0 Å². The molecule has 1 aromatic rings. The smallest absolute Gasteiger partial charge is 0.394 e. The fourth-order valence-electron chi connectivity index (χ4n) is 3.17. The molecule has 2 aliphatic rings. The number of ether oxygens (including phenoxy) is 2. The van der Waals surface area contributed by atoms with Gasteiger partial charge in [0, 0.05) is 12.3 Å². The fourth-order valence-corrected chi connectivity index (χ4v) is 5.38. The van der Waals surface area contributed by atoms with Crippen LogP contribution in [0.1, 0.15) is 6.23 Å². The number of hydrogen-bond donors (Lipinski definition) is 8. The predicted octanol–water partition coefficient (Wildman–Crippen LogP) is -4.15. The second kappa shape index (κ2) is 10.3. The van der Waals surface area contributed by atoms with Gasteiger partial charge in [-0.1, -0.05) is 0 Å². The molecular weight excluding hydrogens is 514 g/mol. The van der Waals surface area contributed by atoms with Gasteiger partial charge in [-0.15, -0.1) is 0 Å². The highest BCUT2D eigenvalue weighted by atomic mass is 31.3. The van der Waals surface area contributed by atoms with Crippen molar-refractivity contribution in [2.75, 3.05) is 13.2 Å². The van der Waals surface area contributed by atoms with Crippen molar-refractivity contribution in [3.63, 3.8) is 0 Å². The Morgan fingerprint density at radius 2 is 1.65 bits per heavy atom. The summed E-state index contributed by atoms with van der Waals surface area (Å²) in [5.41, 5.74) is -1.74. The van der Waals surface area contributed by atoms with E-state index in [4.69, 9.17) is 33.4 Å². The van der Waals surface area contributed by atoms with E-state index in [-0.39, 0.29) is 0 Å². The molecule has 2 aliphatic heterocycles. The third kappa shape index (κ3) is 6.07. The van der Waals surface area contributed by atoms with Gasteiger partial charge in [0.2, 0.25) is 0 Å². The van der Waals surface area contributed by atoms with E-state index in [0.29, 0.717) is 0 Å². The number of aromatic amines is 1. The number of phosphoric acid groups is 2. The van der Waals surface area contributed by atoms with Crippen LogP contribution in [0.2, 0.25) is 0 Å². The summed E-state index contributed by atoms with van der Waals surface area (Å²) in [6.45, 7) is -1.80. The third-order valence-electron chi connectivity index (χ3n) is 4.80. The Balaban J connectivity index is 1.74. The Bertz CT molecular complexity index is 1070. The summed E-state index contributed by atoms with van der Waals surface area (Å²) in [6, 6.07) is 0.935. The molecule has 0 saturated carbocycles. The average Bonchev–Trinajstić information content (AvgIpc) is 3.16. The Hall–Kier alpha value is -1.34.